The minimum Gasteiger partial charge on any atom is -0.372 e. The van der Waals surface area contributed by atoms with Gasteiger partial charge in [0.1, 0.15) is 4.83 Å². The van der Waals surface area contributed by atoms with Crippen LogP contribution in [0.25, 0.3) is 10.2 Å². The van der Waals surface area contributed by atoms with Crippen LogP contribution in [0.5, 0.6) is 0 Å². The molecule has 0 unspecified atom stereocenters. The summed E-state index contributed by atoms with van der Waals surface area (Å²) in [5.74, 6) is -0.122. The van der Waals surface area contributed by atoms with Crippen molar-refractivity contribution >= 4 is 27.5 Å². The molecule has 23 heavy (non-hydrogen) atoms. The molecule has 2 atom stereocenters. The van der Waals surface area contributed by atoms with Gasteiger partial charge in [0.05, 0.1) is 22.5 Å². The lowest BCUT2D eigenvalue weighted by Gasteiger charge is -2.35. The third-order valence-electron chi connectivity index (χ3n) is 4.04. The summed E-state index contributed by atoms with van der Waals surface area (Å²) in [6.45, 7) is 4.91. The van der Waals surface area contributed by atoms with Gasteiger partial charge in [-0.05, 0) is 19.9 Å². The Kier molecular flexibility index (Phi) is 3.89. The molecule has 3 heterocycles. The number of hydrogen-bond donors (Lipinski definition) is 0. The lowest BCUT2D eigenvalue weighted by atomic mass is 10.2. The Morgan fingerprint density at radius 1 is 1.17 bits per heavy atom. The van der Waals surface area contributed by atoms with Crippen LogP contribution < -0.4 is 11.2 Å². The van der Waals surface area contributed by atoms with Gasteiger partial charge in [-0.25, -0.2) is 4.79 Å². The number of amides is 1. The van der Waals surface area contributed by atoms with E-state index in [1.54, 1.807) is 18.0 Å². The highest BCUT2D eigenvalue weighted by Gasteiger charge is 2.28. The van der Waals surface area contributed by atoms with Crippen molar-refractivity contribution in [3.63, 3.8) is 0 Å². The molecule has 1 amide bonds. The van der Waals surface area contributed by atoms with Crippen LogP contribution in [0.4, 0.5) is 0 Å². The SMILES string of the molecule is C[C@@H]1CN(C(=O)c2cc3c(=O)n(C)c(=O)n(C)c3s2)C[C@H](C)O1. The van der Waals surface area contributed by atoms with E-state index in [-0.39, 0.29) is 23.7 Å². The molecule has 3 rings (SSSR count). The van der Waals surface area contributed by atoms with E-state index in [2.05, 4.69) is 0 Å². The third kappa shape index (κ3) is 2.61. The van der Waals surface area contributed by atoms with Crippen LogP contribution in [0.1, 0.15) is 23.5 Å². The van der Waals surface area contributed by atoms with Gasteiger partial charge in [0.25, 0.3) is 11.5 Å². The Labute approximate surface area is 136 Å². The smallest absolute Gasteiger partial charge is 0.331 e. The van der Waals surface area contributed by atoms with E-state index in [1.165, 1.54) is 23.0 Å². The standard InChI is InChI=1S/C15H19N3O4S/c1-8-6-18(7-9(2)22-8)13(20)11-5-10-12(19)16(3)15(21)17(4)14(10)23-11/h5,8-9H,6-7H2,1-4H3/t8-,9+. The van der Waals surface area contributed by atoms with Crippen molar-refractivity contribution in [1.82, 2.24) is 14.0 Å². The van der Waals surface area contributed by atoms with Crippen molar-refractivity contribution in [2.75, 3.05) is 13.1 Å². The molecule has 8 heteroatoms. The number of morpholine rings is 1. The highest BCUT2D eigenvalue weighted by atomic mass is 32.1. The normalized spacial score (nSPS) is 21.8. The van der Waals surface area contributed by atoms with Gasteiger partial charge in [-0.15, -0.1) is 11.3 Å². The van der Waals surface area contributed by atoms with Crippen LogP contribution in [-0.4, -0.2) is 45.2 Å². The Morgan fingerprint density at radius 3 is 2.39 bits per heavy atom. The first-order chi connectivity index (χ1) is 10.8. The molecule has 0 bridgehead atoms. The summed E-state index contributed by atoms with van der Waals surface area (Å²) in [6, 6.07) is 1.59. The number of carbonyl (C=O) groups is 1. The lowest BCUT2D eigenvalue weighted by Crippen LogP contribution is -2.48. The molecule has 1 fully saturated rings. The summed E-state index contributed by atoms with van der Waals surface area (Å²) in [6.07, 6.45) is -0.0383. The maximum Gasteiger partial charge on any atom is 0.331 e. The molecule has 0 spiro atoms. The Bertz CT molecular complexity index is 884. The molecule has 0 radical (unpaired) electrons. The average Bonchev–Trinajstić information content (AvgIpc) is 2.94. The number of fused-ring (bicyclic) bond motifs is 1. The first-order valence-electron chi connectivity index (χ1n) is 7.44. The topological polar surface area (TPSA) is 73.5 Å². The Balaban J connectivity index is 2.06. The van der Waals surface area contributed by atoms with Crippen LogP contribution in [0, 0.1) is 0 Å². The zero-order valence-electron chi connectivity index (χ0n) is 13.5. The van der Waals surface area contributed by atoms with Gasteiger partial charge in [0, 0.05) is 27.2 Å². The van der Waals surface area contributed by atoms with Gasteiger partial charge >= 0.3 is 5.69 Å². The molecule has 0 aliphatic carbocycles. The number of ether oxygens (including phenoxy) is 1. The predicted octanol–water partition coefficient (Wildman–Crippen LogP) is 0.548. The molecule has 124 valence electrons. The molecule has 0 aromatic carbocycles. The minimum absolute atomic E-state index is 0.0192. The van der Waals surface area contributed by atoms with E-state index < -0.39 is 5.69 Å². The maximum absolute atomic E-state index is 12.7. The van der Waals surface area contributed by atoms with Crippen LogP contribution in [0.3, 0.4) is 0 Å². The first-order valence-corrected chi connectivity index (χ1v) is 8.25. The average molecular weight is 337 g/mol. The van der Waals surface area contributed by atoms with Crippen LogP contribution in [0.15, 0.2) is 15.7 Å². The van der Waals surface area contributed by atoms with Crippen molar-refractivity contribution in [2.45, 2.75) is 26.1 Å². The van der Waals surface area contributed by atoms with Crippen molar-refractivity contribution in [3.8, 4) is 0 Å². The second-order valence-electron chi connectivity index (χ2n) is 6.00. The van der Waals surface area contributed by atoms with Crippen LogP contribution >= 0.6 is 11.3 Å². The molecule has 1 aliphatic heterocycles. The van der Waals surface area contributed by atoms with E-state index in [0.717, 1.165) is 4.57 Å². The molecule has 1 aliphatic rings. The van der Waals surface area contributed by atoms with Gasteiger partial charge in [-0.3, -0.25) is 18.7 Å². The summed E-state index contributed by atoms with van der Waals surface area (Å²) in [7, 11) is 3.04. The lowest BCUT2D eigenvalue weighted by molar-refractivity contribution is -0.0585. The minimum atomic E-state index is -0.392. The second-order valence-corrected chi connectivity index (χ2v) is 7.03. The number of aromatic nitrogens is 2. The summed E-state index contributed by atoms with van der Waals surface area (Å²) < 4.78 is 8.11. The summed E-state index contributed by atoms with van der Waals surface area (Å²) in [5, 5.41) is 0.400. The van der Waals surface area contributed by atoms with E-state index >= 15 is 0 Å². The number of aryl methyl sites for hydroxylation is 1. The highest BCUT2D eigenvalue weighted by Crippen LogP contribution is 2.24. The van der Waals surface area contributed by atoms with E-state index in [0.29, 0.717) is 28.2 Å². The zero-order valence-corrected chi connectivity index (χ0v) is 14.3. The van der Waals surface area contributed by atoms with Gasteiger partial charge in [0.2, 0.25) is 0 Å². The maximum atomic E-state index is 12.7. The monoisotopic (exact) mass is 337 g/mol. The van der Waals surface area contributed by atoms with Gasteiger partial charge in [0.15, 0.2) is 0 Å². The fraction of sp³-hybridized carbons (Fsp3) is 0.533. The molecule has 0 N–H and O–H groups in total. The first kappa shape index (κ1) is 15.9. The summed E-state index contributed by atoms with van der Waals surface area (Å²) in [4.78, 5) is 39.7. The van der Waals surface area contributed by atoms with Crippen molar-refractivity contribution in [1.29, 1.82) is 0 Å². The number of nitrogens with zero attached hydrogens (tertiary/aromatic N) is 3. The van der Waals surface area contributed by atoms with E-state index in [9.17, 15) is 14.4 Å². The summed E-state index contributed by atoms with van der Waals surface area (Å²) in [5.41, 5.74) is -0.765. The van der Waals surface area contributed by atoms with Gasteiger partial charge < -0.3 is 9.64 Å². The fourth-order valence-electron chi connectivity index (χ4n) is 2.97. The van der Waals surface area contributed by atoms with Gasteiger partial charge in [-0.2, -0.15) is 0 Å². The molecule has 2 aromatic rings. The highest BCUT2D eigenvalue weighted by molar-refractivity contribution is 7.20. The molecular formula is C15H19N3O4S. The second kappa shape index (κ2) is 5.61. The largest absolute Gasteiger partial charge is 0.372 e. The van der Waals surface area contributed by atoms with E-state index in [1.807, 2.05) is 13.8 Å². The Morgan fingerprint density at radius 2 is 1.78 bits per heavy atom. The van der Waals surface area contributed by atoms with Crippen molar-refractivity contribution in [3.05, 3.63) is 31.8 Å². The number of thiophene rings is 1. The number of hydrogen-bond acceptors (Lipinski definition) is 5. The molecule has 2 aromatic heterocycles. The van der Waals surface area contributed by atoms with Gasteiger partial charge in [-0.1, -0.05) is 0 Å². The molecule has 1 saturated heterocycles. The van der Waals surface area contributed by atoms with E-state index in [4.69, 9.17) is 4.74 Å². The molecule has 0 saturated carbocycles. The zero-order chi connectivity index (χ0) is 16.9. The van der Waals surface area contributed by atoms with Crippen LogP contribution in [0.2, 0.25) is 0 Å². The third-order valence-corrected chi connectivity index (χ3v) is 5.24. The van der Waals surface area contributed by atoms with Crippen molar-refractivity contribution in [2.24, 2.45) is 14.1 Å². The van der Waals surface area contributed by atoms with Crippen molar-refractivity contribution < 1.29 is 9.53 Å². The summed E-state index contributed by atoms with van der Waals surface area (Å²) >= 11 is 1.18. The fourth-order valence-corrected chi connectivity index (χ4v) is 4.04. The molecule has 7 nitrogen and oxygen atoms in total. The molecular weight excluding hydrogens is 318 g/mol. The number of rotatable bonds is 1. The predicted molar refractivity (Wildman–Crippen MR) is 88.2 cm³/mol. The van der Waals surface area contributed by atoms with Crippen LogP contribution in [-0.2, 0) is 18.8 Å². The Hall–Kier alpha value is -1.93. The quantitative estimate of drug-likeness (QED) is 0.762. The number of carbonyl (C=O) groups excluding carboxylic acids is 1.